The quantitative estimate of drug-likeness (QED) is 0.779. The molecule has 0 saturated carbocycles. The highest BCUT2D eigenvalue weighted by Crippen LogP contribution is 2.41. The highest BCUT2D eigenvalue weighted by atomic mass is 79.9. The first-order chi connectivity index (χ1) is 7.30. The van der Waals surface area contributed by atoms with Gasteiger partial charge in [-0.3, -0.25) is 0 Å². The minimum absolute atomic E-state index is 0.0443. The summed E-state index contributed by atoms with van der Waals surface area (Å²) in [5.41, 5.74) is 2.78. The summed E-state index contributed by atoms with van der Waals surface area (Å²) in [4.78, 5) is 0. The number of fused-ring (bicyclic) bond motifs is 2. The van der Waals surface area contributed by atoms with Gasteiger partial charge in [0, 0.05) is 17.6 Å². The summed E-state index contributed by atoms with van der Waals surface area (Å²) >= 11 is 3.54. The molecular weight excluding hydrogens is 254 g/mol. The number of rotatable bonds is 0. The Morgan fingerprint density at radius 3 is 3.13 bits per heavy atom. The Morgan fingerprint density at radius 1 is 1.40 bits per heavy atom. The maximum atomic E-state index is 6.02. The molecule has 1 unspecified atom stereocenters. The monoisotopic (exact) mass is 267 g/mol. The van der Waals surface area contributed by atoms with Gasteiger partial charge in [-0.15, -0.1) is 0 Å². The van der Waals surface area contributed by atoms with E-state index in [-0.39, 0.29) is 5.60 Å². The van der Waals surface area contributed by atoms with E-state index in [1.165, 1.54) is 11.1 Å². The van der Waals surface area contributed by atoms with E-state index in [1.807, 2.05) is 0 Å². The van der Waals surface area contributed by atoms with Crippen molar-refractivity contribution in [2.24, 2.45) is 0 Å². The largest absolute Gasteiger partial charge is 0.368 e. The topological polar surface area (TPSA) is 21.3 Å². The first-order valence-electron chi connectivity index (χ1n) is 5.44. The number of hydrogen-bond acceptors (Lipinski definition) is 2. The van der Waals surface area contributed by atoms with Gasteiger partial charge >= 0.3 is 0 Å². The van der Waals surface area contributed by atoms with Gasteiger partial charge in [0.05, 0.1) is 6.61 Å². The van der Waals surface area contributed by atoms with Crippen molar-refractivity contribution < 1.29 is 4.74 Å². The second-order valence-electron chi connectivity index (χ2n) is 4.32. The van der Waals surface area contributed by atoms with E-state index in [2.05, 4.69) is 39.4 Å². The standard InChI is InChI=1S/C12H14BrNO/c13-10-2-1-9-3-4-12(11(9)7-10)8-14-5-6-15-12/h1-2,7,14H,3-6,8H2. The number of halogens is 1. The molecule has 1 N–H and O–H groups in total. The predicted molar refractivity (Wildman–Crippen MR) is 63.0 cm³/mol. The van der Waals surface area contributed by atoms with Crippen LogP contribution < -0.4 is 5.32 Å². The van der Waals surface area contributed by atoms with Gasteiger partial charge in [-0.05, 0) is 36.1 Å². The maximum Gasteiger partial charge on any atom is 0.106 e. The summed E-state index contributed by atoms with van der Waals surface area (Å²) in [6, 6.07) is 6.55. The summed E-state index contributed by atoms with van der Waals surface area (Å²) in [6.45, 7) is 2.76. The summed E-state index contributed by atoms with van der Waals surface area (Å²) < 4.78 is 7.17. The SMILES string of the molecule is Brc1ccc2c(c1)C1(CC2)CNCCO1. The van der Waals surface area contributed by atoms with Crippen molar-refractivity contribution in [1.82, 2.24) is 5.32 Å². The number of nitrogens with one attached hydrogen (secondary N) is 1. The molecule has 0 aromatic heterocycles. The van der Waals surface area contributed by atoms with Crippen LogP contribution in [0.25, 0.3) is 0 Å². The van der Waals surface area contributed by atoms with Crippen LogP contribution in [0.5, 0.6) is 0 Å². The van der Waals surface area contributed by atoms with E-state index in [9.17, 15) is 0 Å². The normalized spacial score (nSPS) is 29.4. The van der Waals surface area contributed by atoms with Gasteiger partial charge in [0.15, 0.2) is 0 Å². The Morgan fingerprint density at radius 2 is 2.33 bits per heavy atom. The summed E-state index contributed by atoms with van der Waals surface area (Å²) in [5, 5.41) is 3.44. The van der Waals surface area contributed by atoms with Crippen LogP contribution >= 0.6 is 15.9 Å². The fraction of sp³-hybridized carbons (Fsp3) is 0.500. The average Bonchev–Trinajstić information content (AvgIpc) is 2.59. The zero-order valence-electron chi connectivity index (χ0n) is 8.55. The molecule has 1 atom stereocenters. The third-order valence-corrected chi connectivity index (χ3v) is 3.92. The first kappa shape index (κ1) is 9.82. The van der Waals surface area contributed by atoms with Gasteiger partial charge in [-0.2, -0.15) is 0 Å². The highest BCUT2D eigenvalue weighted by Gasteiger charge is 2.40. The lowest BCUT2D eigenvalue weighted by Crippen LogP contribution is -2.46. The van der Waals surface area contributed by atoms with Crippen molar-refractivity contribution in [1.29, 1.82) is 0 Å². The van der Waals surface area contributed by atoms with Crippen LogP contribution in [-0.4, -0.2) is 19.7 Å². The molecule has 0 bridgehead atoms. The first-order valence-corrected chi connectivity index (χ1v) is 6.23. The lowest BCUT2D eigenvalue weighted by atomic mass is 9.94. The summed E-state index contributed by atoms with van der Waals surface area (Å²) in [6.07, 6.45) is 2.26. The van der Waals surface area contributed by atoms with Gasteiger partial charge in [0.1, 0.15) is 5.60 Å². The Hall–Kier alpha value is -0.380. The molecule has 1 aromatic carbocycles. The fourth-order valence-corrected chi connectivity index (χ4v) is 3.02. The molecule has 80 valence electrons. The molecule has 1 aliphatic heterocycles. The predicted octanol–water partition coefficient (Wildman–Crippen LogP) is 2.21. The van der Waals surface area contributed by atoms with Crippen molar-refractivity contribution in [3.05, 3.63) is 33.8 Å². The second kappa shape index (κ2) is 3.58. The zero-order valence-corrected chi connectivity index (χ0v) is 10.1. The van der Waals surface area contributed by atoms with E-state index in [0.29, 0.717) is 0 Å². The minimum atomic E-state index is -0.0443. The van der Waals surface area contributed by atoms with Crippen molar-refractivity contribution >= 4 is 15.9 Å². The molecule has 1 spiro atoms. The van der Waals surface area contributed by atoms with Crippen molar-refractivity contribution in [3.63, 3.8) is 0 Å². The van der Waals surface area contributed by atoms with Gasteiger partial charge in [0.25, 0.3) is 0 Å². The van der Waals surface area contributed by atoms with E-state index < -0.39 is 0 Å². The molecule has 1 fully saturated rings. The number of aryl methyl sites for hydroxylation is 1. The molecule has 1 aliphatic carbocycles. The third kappa shape index (κ3) is 1.53. The molecule has 0 radical (unpaired) electrons. The Balaban J connectivity index is 2.05. The van der Waals surface area contributed by atoms with Crippen LogP contribution in [0.3, 0.4) is 0 Å². The van der Waals surface area contributed by atoms with Gasteiger partial charge < -0.3 is 10.1 Å². The average molecular weight is 268 g/mol. The van der Waals surface area contributed by atoms with Gasteiger partial charge in [0.2, 0.25) is 0 Å². The number of hydrogen-bond donors (Lipinski definition) is 1. The Kier molecular flexibility index (Phi) is 2.34. The van der Waals surface area contributed by atoms with Gasteiger partial charge in [-0.1, -0.05) is 22.0 Å². The van der Waals surface area contributed by atoms with Crippen LogP contribution in [0.1, 0.15) is 17.5 Å². The molecule has 2 nitrogen and oxygen atoms in total. The summed E-state index contributed by atoms with van der Waals surface area (Å²) in [7, 11) is 0. The maximum absolute atomic E-state index is 6.02. The van der Waals surface area contributed by atoms with Crippen LogP contribution in [0, 0.1) is 0 Å². The van der Waals surface area contributed by atoms with Crippen molar-refractivity contribution in [2.75, 3.05) is 19.7 Å². The second-order valence-corrected chi connectivity index (χ2v) is 5.24. The highest BCUT2D eigenvalue weighted by molar-refractivity contribution is 9.10. The van der Waals surface area contributed by atoms with Crippen LogP contribution in [-0.2, 0) is 16.8 Å². The molecule has 3 heteroatoms. The summed E-state index contributed by atoms with van der Waals surface area (Å²) in [5.74, 6) is 0. The minimum Gasteiger partial charge on any atom is -0.368 e. The van der Waals surface area contributed by atoms with Crippen molar-refractivity contribution in [2.45, 2.75) is 18.4 Å². The molecule has 15 heavy (non-hydrogen) atoms. The van der Waals surface area contributed by atoms with E-state index in [0.717, 1.165) is 37.0 Å². The van der Waals surface area contributed by atoms with E-state index >= 15 is 0 Å². The van der Waals surface area contributed by atoms with Gasteiger partial charge in [-0.25, -0.2) is 0 Å². The molecule has 1 heterocycles. The van der Waals surface area contributed by atoms with Crippen molar-refractivity contribution in [3.8, 4) is 0 Å². The molecule has 3 rings (SSSR count). The van der Waals surface area contributed by atoms with E-state index in [1.54, 1.807) is 0 Å². The molecule has 0 amide bonds. The lowest BCUT2D eigenvalue weighted by Gasteiger charge is -2.35. The molecular formula is C12H14BrNO. The van der Waals surface area contributed by atoms with Crippen LogP contribution in [0.15, 0.2) is 22.7 Å². The number of morpholine rings is 1. The van der Waals surface area contributed by atoms with Crippen LogP contribution in [0.4, 0.5) is 0 Å². The third-order valence-electron chi connectivity index (χ3n) is 3.43. The van der Waals surface area contributed by atoms with Crippen LogP contribution in [0.2, 0.25) is 0 Å². The number of ether oxygens (including phenoxy) is 1. The Bertz CT molecular complexity index is 380. The zero-order chi connectivity index (χ0) is 10.3. The molecule has 1 aromatic rings. The fourth-order valence-electron chi connectivity index (χ4n) is 2.66. The molecule has 2 aliphatic rings. The smallest absolute Gasteiger partial charge is 0.106 e. The molecule has 1 saturated heterocycles. The Labute approximate surface area is 98.1 Å². The lowest BCUT2D eigenvalue weighted by molar-refractivity contribution is -0.0695. The number of benzene rings is 1. The van der Waals surface area contributed by atoms with E-state index in [4.69, 9.17) is 4.74 Å².